The first-order valence-electron chi connectivity index (χ1n) is 8.14. The average molecular weight is 432 g/mol. The maximum Gasteiger partial charge on any atom is 0.255 e. The maximum atomic E-state index is 12.8. The summed E-state index contributed by atoms with van der Waals surface area (Å²) in [6.07, 6.45) is 0. The molecule has 0 unspecified atom stereocenters. The summed E-state index contributed by atoms with van der Waals surface area (Å²) in [7, 11) is 1.73. The predicted octanol–water partition coefficient (Wildman–Crippen LogP) is 4.88. The Bertz CT molecular complexity index is 913. The molecule has 5 nitrogen and oxygen atoms in total. The quantitative estimate of drug-likeness (QED) is 0.520. The van der Waals surface area contributed by atoms with E-state index >= 15 is 0 Å². The Morgan fingerprint density at radius 2 is 2.04 bits per heavy atom. The summed E-state index contributed by atoms with van der Waals surface area (Å²) < 4.78 is 6.26. The van der Waals surface area contributed by atoms with Gasteiger partial charge in [-0.25, -0.2) is 0 Å². The molecule has 2 aromatic carbocycles. The van der Waals surface area contributed by atoms with E-state index < -0.39 is 0 Å². The molecule has 0 spiro atoms. The fourth-order valence-electron chi connectivity index (χ4n) is 2.47. The van der Waals surface area contributed by atoms with Gasteiger partial charge in [-0.15, -0.1) is 11.8 Å². The van der Waals surface area contributed by atoms with Crippen LogP contribution in [0, 0.1) is 0 Å². The van der Waals surface area contributed by atoms with Gasteiger partial charge >= 0.3 is 0 Å². The minimum atomic E-state index is -0.0660. The molecule has 134 valence electrons. The SMILES string of the molecule is CCSc1ccccc1C(=O)N(C)Cc1nc(-c2cccc(Br)c2)no1. The third-order valence-electron chi connectivity index (χ3n) is 3.69. The molecule has 26 heavy (non-hydrogen) atoms. The molecule has 0 saturated carbocycles. The molecule has 7 heteroatoms. The van der Waals surface area contributed by atoms with Crippen molar-refractivity contribution in [1.82, 2.24) is 15.0 Å². The standard InChI is InChI=1S/C19H18BrN3O2S/c1-3-26-16-10-5-4-9-15(16)19(24)23(2)12-17-21-18(22-25-17)13-7-6-8-14(20)11-13/h4-11H,3,12H2,1-2H3. The minimum Gasteiger partial charge on any atom is -0.337 e. The fraction of sp³-hybridized carbons (Fsp3) is 0.211. The number of rotatable bonds is 6. The van der Waals surface area contributed by atoms with Crippen molar-refractivity contribution in [2.45, 2.75) is 18.4 Å². The van der Waals surface area contributed by atoms with Crippen LogP contribution in [0.1, 0.15) is 23.2 Å². The summed E-state index contributed by atoms with van der Waals surface area (Å²) in [6.45, 7) is 2.32. The molecule has 0 aliphatic carbocycles. The number of amides is 1. The fourth-order valence-corrected chi connectivity index (χ4v) is 3.66. The molecular formula is C19H18BrN3O2S. The van der Waals surface area contributed by atoms with Crippen molar-refractivity contribution in [1.29, 1.82) is 0 Å². The number of carbonyl (C=O) groups is 1. The van der Waals surface area contributed by atoms with Crippen LogP contribution in [0.4, 0.5) is 0 Å². The normalized spacial score (nSPS) is 10.7. The van der Waals surface area contributed by atoms with Gasteiger partial charge in [0.05, 0.1) is 12.1 Å². The largest absolute Gasteiger partial charge is 0.337 e. The van der Waals surface area contributed by atoms with Gasteiger partial charge < -0.3 is 9.42 Å². The van der Waals surface area contributed by atoms with Gasteiger partial charge in [0.2, 0.25) is 11.7 Å². The summed E-state index contributed by atoms with van der Waals surface area (Å²) in [4.78, 5) is 19.8. The molecule has 0 radical (unpaired) electrons. The molecule has 0 bridgehead atoms. The highest BCUT2D eigenvalue weighted by Gasteiger charge is 2.18. The Kier molecular flexibility index (Phi) is 6.11. The number of halogens is 1. The second-order valence-corrected chi connectivity index (χ2v) is 7.83. The molecular weight excluding hydrogens is 414 g/mol. The molecule has 0 N–H and O–H groups in total. The monoisotopic (exact) mass is 431 g/mol. The first-order valence-corrected chi connectivity index (χ1v) is 9.92. The highest BCUT2D eigenvalue weighted by atomic mass is 79.9. The molecule has 0 fully saturated rings. The molecule has 0 saturated heterocycles. The zero-order valence-corrected chi connectivity index (χ0v) is 16.9. The highest BCUT2D eigenvalue weighted by Crippen LogP contribution is 2.24. The highest BCUT2D eigenvalue weighted by molar-refractivity contribution is 9.10. The second kappa shape index (κ2) is 8.51. The lowest BCUT2D eigenvalue weighted by molar-refractivity contribution is 0.0766. The summed E-state index contributed by atoms with van der Waals surface area (Å²) in [5.74, 6) is 1.75. The van der Waals surface area contributed by atoms with Gasteiger partial charge in [0.15, 0.2) is 0 Å². The van der Waals surface area contributed by atoms with E-state index in [9.17, 15) is 4.79 Å². The van der Waals surface area contributed by atoms with Gasteiger partial charge in [-0.3, -0.25) is 4.79 Å². The third-order valence-corrected chi connectivity index (χ3v) is 5.14. The number of carbonyl (C=O) groups excluding carboxylic acids is 1. The van der Waals surface area contributed by atoms with Gasteiger partial charge in [-0.05, 0) is 30.0 Å². The van der Waals surface area contributed by atoms with Crippen LogP contribution < -0.4 is 0 Å². The number of nitrogens with zero attached hydrogens (tertiary/aromatic N) is 3. The zero-order chi connectivity index (χ0) is 18.5. The van der Waals surface area contributed by atoms with Crippen molar-refractivity contribution >= 4 is 33.6 Å². The van der Waals surface area contributed by atoms with Crippen molar-refractivity contribution in [2.75, 3.05) is 12.8 Å². The Morgan fingerprint density at radius 3 is 2.81 bits per heavy atom. The van der Waals surface area contributed by atoms with E-state index in [1.807, 2.05) is 48.5 Å². The van der Waals surface area contributed by atoms with Crippen LogP contribution in [0.25, 0.3) is 11.4 Å². The van der Waals surface area contributed by atoms with Crippen molar-refractivity contribution in [3.8, 4) is 11.4 Å². The maximum absolute atomic E-state index is 12.8. The van der Waals surface area contributed by atoms with Gasteiger partial charge in [-0.1, -0.05) is 52.3 Å². The molecule has 1 heterocycles. The average Bonchev–Trinajstić information content (AvgIpc) is 3.10. The van der Waals surface area contributed by atoms with Crippen LogP contribution in [0.3, 0.4) is 0 Å². The van der Waals surface area contributed by atoms with Crippen molar-refractivity contribution in [2.24, 2.45) is 0 Å². The topological polar surface area (TPSA) is 59.2 Å². The van der Waals surface area contributed by atoms with Gasteiger partial charge in [0.1, 0.15) is 0 Å². The molecule has 1 aromatic heterocycles. The first kappa shape index (κ1) is 18.7. The van der Waals surface area contributed by atoms with Crippen molar-refractivity contribution in [3.05, 3.63) is 64.5 Å². The van der Waals surface area contributed by atoms with Crippen molar-refractivity contribution in [3.63, 3.8) is 0 Å². The summed E-state index contributed by atoms with van der Waals surface area (Å²) in [5, 5.41) is 4.01. The van der Waals surface area contributed by atoms with E-state index in [1.54, 1.807) is 23.7 Å². The molecule has 1 amide bonds. The first-order chi connectivity index (χ1) is 12.6. The Morgan fingerprint density at radius 1 is 1.23 bits per heavy atom. The van der Waals surface area contributed by atoms with Crippen molar-refractivity contribution < 1.29 is 9.32 Å². The van der Waals surface area contributed by atoms with Gasteiger partial charge in [0, 0.05) is 22.0 Å². The van der Waals surface area contributed by atoms with E-state index in [-0.39, 0.29) is 12.5 Å². The lowest BCUT2D eigenvalue weighted by atomic mass is 10.2. The Labute approximate surface area is 164 Å². The van der Waals surface area contributed by atoms with E-state index in [4.69, 9.17) is 4.52 Å². The van der Waals surface area contributed by atoms with E-state index in [0.29, 0.717) is 17.3 Å². The summed E-state index contributed by atoms with van der Waals surface area (Å²) in [6, 6.07) is 15.3. The second-order valence-electron chi connectivity index (χ2n) is 5.61. The molecule has 3 aromatic rings. The Balaban J connectivity index is 1.74. The van der Waals surface area contributed by atoms with Crippen LogP contribution in [0.15, 0.2) is 62.4 Å². The molecule has 0 atom stereocenters. The number of hydrogen-bond donors (Lipinski definition) is 0. The van der Waals surface area contributed by atoms with Crippen LogP contribution >= 0.6 is 27.7 Å². The summed E-state index contributed by atoms with van der Waals surface area (Å²) in [5.41, 5.74) is 1.54. The minimum absolute atomic E-state index is 0.0660. The van der Waals surface area contributed by atoms with Crippen LogP contribution in [0.2, 0.25) is 0 Å². The molecule has 0 aliphatic rings. The van der Waals surface area contributed by atoms with E-state index in [1.165, 1.54) is 0 Å². The number of hydrogen-bond acceptors (Lipinski definition) is 5. The third kappa shape index (κ3) is 4.34. The van der Waals surface area contributed by atoms with Crippen LogP contribution in [-0.4, -0.2) is 33.7 Å². The number of thioether (sulfide) groups is 1. The predicted molar refractivity (Wildman–Crippen MR) is 106 cm³/mol. The lowest BCUT2D eigenvalue weighted by Crippen LogP contribution is -2.26. The van der Waals surface area contributed by atoms with Gasteiger partial charge in [0.25, 0.3) is 5.91 Å². The van der Waals surface area contributed by atoms with Crippen LogP contribution in [-0.2, 0) is 6.54 Å². The smallest absolute Gasteiger partial charge is 0.255 e. The number of aromatic nitrogens is 2. The van der Waals surface area contributed by atoms with Crippen LogP contribution in [0.5, 0.6) is 0 Å². The number of benzene rings is 2. The van der Waals surface area contributed by atoms with E-state index in [0.717, 1.165) is 20.7 Å². The molecule has 0 aliphatic heterocycles. The van der Waals surface area contributed by atoms with E-state index in [2.05, 4.69) is 33.0 Å². The lowest BCUT2D eigenvalue weighted by Gasteiger charge is -2.16. The van der Waals surface area contributed by atoms with Gasteiger partial charge in [-0.2, -0.15) is 4.98 Å². The Hall–Kier alpha value is -2.12. The zero-order valence-electron chi connectivity index (χ0n) is 14.5. The summed E-state index contributed by atoms with van der Waals surface area (Å²) >= 11 is 5.08. The molecule has 3 rings (SSSR count).